The van der Waals surface area contributed by atoms with E-state index in [2.05, 4.69) is 25.2 Å². The molecule has 0 amide bonds. The molecule has 2 bridgehead atoms. The Morgan fingerprint density at radius 1 is 1.50 bits per heavy atom. The van der Waals surface area contributed by atoms with Crippen molar-refractivity contribution in [3.05, 3.63) is 23.8 Å². The van der Waals surface area contributed by atoms with Crippen molar-refractivity contribution in [2.24, 2.45) is 17.3 Å². The van der Waals surface area contributed by atoms with E-state index < -0.39 is 0 Å². The molecule has 3 aliphatic rings. The Kier molecular flexibility index (Phi) is 1.18. The van der Waals surface area contributed by atoms with Gasteiger partial charge in [-0.3, -0.25) is 0 Å². The minimum Gasteiger partial charge on any atom is -0.0873 e. The molecule has 0 heterocycles. The van der Waals surface area contributed by atoms with Gasteiger partial charge in [-0.25, -0.2) is 0 Å². The monoisotopic (exact) mass is 160 g/mol. The van der Waals surface area contributed by atoms with Gasteiger partial charge in [-0.1, -0.05) is 30.7 Å². The van der Waals surface area contributed by atoms with Gasteiger partial charge >= 0.3 is 0 Å². The molecule has 64 valence electrons. The molecule has 3 aliphatic carbocycles. The Balaban J connectivity index is 2.10. The van der Waals surface area contributed by atoms with Crippen molar-refractivity contribution < 1.29 is 0 Å². The molecule has 3 atom stereocenters. The maximum Gasteiger partial charge on any atom is -0.00183 e. The van der Waals surface area contributed by atoms with Gasteiger partial charge in [0.05, 0.1) is 0 Å². The number of rotatable bonds is 1. The lowest BCUT2D eigenvalue weighted by atomic mass is 9.69. The van der Waals surface area contributed by atoms with Crippen molar-refractivity contribution >= 4 is 0 Å². The standard InChI is InChI=1S/C12H16/c1-2-12-7-3-4-11(12)9-5-6-10(12)8-9/h3,5,7,10-11H,2,4,6,8H2,1H3. The second-order valence-electron chi connectivity index (χ2n) is 4.57. The van der Waals surface area contributed by atoms with Crippen LogP contribution in [0.15, 0.2) is 23.8 Å². The highest BCUT2D eigenvalue weighted by Crippen LogP contribution is 2.62. The molecule has 0 aromatic rings. The summed E-state index contributed by atoms with van der Waals surface area (Å²) in [4.78, 5) is 0. The summed E-state index contributed by atoms with van der Waals surface area (Å²) in [6.07, 6.45) is 12.9. The zero-order chi connectivity index (χ0) is 8.18. The van der Waals surface area contributed by atoms with Crippen molar-refractivity contribution in [1.29, 1.82) is 0 Å². The molecular weight excluding hydrogens is 144 g/mol. The van der Waals surface area contributed by atoms with Crippen LogP contribution in [0.25, 0.3) is 0 Å². The molecule has 1 saturated carbocycles. The predicted molar refractivity (Wildman–Crippen MR) is 50.8 cm³/mol. The Morgan fingerprint density at radius 2 is 2.42 bits per heavy atom. The van der Waals surface area contributed by atoms with Crippen molar-refractivity contribution in [3.63, 3.8) is 0 Å². The highest BCUT2D eigenvalue weighted by Gasteiger charge is 2.52. The van der Waals surface area contributed by atoms with Gasteiger partial charge in [0.15, 0.2) is 0 Å². The third-order valence-electron chi connectivity index (χ3n) is 4.42. The summed E-state index contributed by atoms with van der Waals surface area (Å²) in [7, 11) is 0. The van der Waals surface area contributed by atoms with Crippen molar-refractivity contribution in [1.82, 2.24) is 0 Å². The summed E-state index contributed by atoms with van der Waals surface area (Å²) in [6, 6.07) is 0. The summed E-state index contributed by atoms with van der Waals surface area (Å²) < 4.78 is 0. The van der Waals surface area contributed by atoms with Crippen LogP contribution < -0.4 is 0 Å². The van der Waals surface area contributed by atoms with Crippen LogP contribution in [0.5, 0.6) is 0 Å². The SMILES string of the molecule is CCC12C=CCC1C1=CCC2C1. The fourth-order valence-electron chi connectivity index (χ4n) is 3.77. The first-order chi connectivity index (χ1) is 5.87. The van der Waals surface area contributed by atoms with E-state index >= 15 is 0 Å². The maximum atomic E-state index is 2.53. The summed E-state index contributed by atoms with van der Waals surface area (Å²) in [6.45, 7) is 2.37. The highest BCUT2D eigenvalue weighted by molar-refractivity contribution is 5.34. The molecule has 0 aromatic carbocycles. The third-order valence-corrected chi connectivity index (χ3v) is 4.42. The fraction of sp³-hybridized carbons (Fsp3) is 0.667. The van der Waals surface area contributed by atoms with Gasteiger partial charge in [-0.05, 0) is 42.9 Å². The summed E-state index contributed by atoms with van der Waals surface area (Å²) >= 11 is 0. The van der Waals surface area contributed by atoms with E-state index in [9.17, 15) is 0 Å². The number of fused-ring (bicyclic) bond motifs is 5. The van der Waals surface area contributed by atoms with Crippen LogP contribution in [0.4, 0.5) is 0 Å². The first kappa shape index (κ1) is 6.94. The topological polar surface area (TPSA) is 0 Å². The molecule has 12 heavy (non-hydrogen) atoms. The quantitative estimate of drug-likeness (QED) is 0.516. The summed E-state index contributed by atoms with van der Waals surface area (Å²) in [5, 5.41) is 0. The van der Waals surface area contributed by atoms with Crippen LogP contribution in [-0.2, 0) is 0 Å². The van der Waals surface area contributed by atoms with Crippen LogP contribution in [0.1, 0.15) is 32.6 Å². The van der Waals surface area contributed by atoms with Gasteiger partial charge in [-0.15, -0.1) is 0 Å². The van der Waals surface area contributed by atoms with Gasteiger partial charge in [0.25, 0.3) is 0 Å². The molecule has 3 rings (SSSR count). The van der Waals surface area contributed by atoms with E-state index in [1.807, 2.05) is 0 Å². The van der Waals surface area contributed by atoms with Crippen molar-refractivity contribution in [3.8, 4) is 0 Å². The zero-order valence-electron chi connectivity index (χ0n) is 7.72. The lowest BCUT2D eigenvalue weighted by Gasteiger charge is -2.35. The lowest BCUT2D eigenvalue weighted by molar-refractivity contribution is 0.210. The number of hydrogen-bond donors (Lipinski definition) is 0. The zero-order valence-corrected chi connectivity index (χ0v) is 7.72. The average molecular weight is 160 g/mol. The molecule has 1 fully saturated rings. The molecule has 0 aromatic heterocycles. The minimum absolute atomic E-state index is 0.615. The number of hydrogen-bond acceptors (Lipinski definition) is 0. The van der Waals surface area contributed by atoms with E-state index in [4.69, 9.17) is 0 Å². The molecule has 0 aliphatic heterocycles. The van der Waals surface area contributed by atoms with Crippen molar-refractivity contribution in [2.45, 2.75) is 32.6 Å². The van der Waals surface area contributed by atoms with Crippen LogP contribution in [-0.4, -0.2) is 0 Å². The van der Waals surface area contributed by atoms with Crippen LogP contribution in [0.2, 0.25) is 0 Å². The van der Waals surface area contributed by atoms with E-state index in [0.29, 0.717) is 5.41 Å². The maximum absolute atomic E-state index is 2.53. The molecule has 0 nitrogen and oxygen atoms in total. The van der Waals surface area contributed by atoms with E-state index in [1.165, 1.54) is 25.7 Å². The predicted octanol–water partition coefficient (Wildman–Crippen LogP) is 3.31. The Hall–Kier alpha value is -0.520. The van der Waals surface area contributed by atoms with Gasteiger partial charge in [0, 0.05) is 0 Å². The second-order valence-corrected chi connectivity index (χ2v) is 4.57. The molecular formula is C12H16. The third kappa shape index (κ3) is 0.573. The van der Waals surface area contributed by atoms with Crippen molar-refractivity contribution in [2.75, 3.05) is 0 Å². The van der Waals surface area contributed by atoms with Gasteiger partial charge in [0.1, 0.15) is 0 Å². The first-order valence-electron chi connectivity index (χ1n) is 5.23. The van der Waals surface area contributed by atoms with E-state index in [1.54, 1.807) is 5.57 Å². The van der Waals surface area contributed by atoms with E-state index in [0.717, 1.165) is 11.8 Å². The normalized spacial score (nSPS) is 48.2. The van der Waals surface area contributed by atoms with Gasteiger partial charge in [0.2, 0.25) is 0 Å². The highest BCUT2D eigenvalue weighted by atomic mass is 14.6. The van der Waals surface area contributed by atoms with Gasteiger partial charge < -0.3 is 0 Å². The van der Waals surface area contributed by atoms with Crippen LogP contribution in [0, 0.1) is 17.3 Å². The molecule has 3 unspecified atom stereocenters. The molecule has 0 radical (unpaired) electrons. The molecule has 0 heteroatoms. The molecule has 0 spiro atoms. The second kappa shape index (κ2) is 2.04. The van der Waals surface area contributed by atoms with Gasteiger partial charge in [-0.2, -0.15) is 0 Å². The largest absolute Gasteiger partial charge is 0.0873 e. The Bertz CT molecular complexity index is 272. The first-order valence-corrected chi connectivity index (χ1v) is 5.23. The molecule has 0 saturated heterocycles. The Morgan fingerprint density at radius 3 is 3.17 bits per heavy atom. The van der Waals surface area contributed by atoms with Crippen LogP contribution >= 0.6 is 0 Å². The van der Waals surface area contributed by atoms with Crippen LogP contribution in [0.3, 0.4) is 0 Å². The Labute approximate surface area is 74.4 Å². The summed E-state index contributed by atoms with van der Waals surface area (Å²) in [5.41, 5.74) is 2.40. The van der Waals surface area contributed by atoms with E-state index in [-0.39, 0.29) is 0 Å². The molecule has 0 N–H and O–H groups in total. The minimum atomic E-state index is 0.615. The average Bonchev–Trinajstić information content (AvgIpc) is 2.76. The number of allylic oxidation sites excluding steroid dienone is 4. The smallest absolute Gasteiger partial charge is 0.00183 e. The fourth-order valence-corrected chi connectivity index (χ4v) is 3.77. The summed E-state index contributed by atoms with van der Waals surface area (Å²) in [5.74, 6) is 1.89. The lowest BCUT2D eigenvalue weighted by Crippen LogP contribution is -2.28.